The first-order valence-corrected chi connectivity index (χ1v) is 7.71. The van der Waals surface area contributed by atoms with Crippen molar-refractivity contribution in [2.45, 2.75) is 19.0 Å². The number of hydrogen-bond donors (Lipinski definition) is 0. The molecule has 9 heteroatoms. The van der Waals surface area contributed by atoms with Gasteiger partial charge in [-0.05, 0) is 12.1 Å². The van der Waals surface area contributed by atoms with E-state index in [1.807, 2.05) is 34.8 Å². The summed E-state index contributed by atoms with van der Waals surface area (Å²) in [6.45, 7) is 1.83. The van der Waals surface area contributed by atoms with Gasteiger partial charge in [-0.3, -0.25) is 19.6 Å². The molecule has 1 atom stereocenters. The zero-order valence-corrected chi connectivity index (χ0v) is 13.4. The summed E-state index contributed by atoms with van der Waals surface area (Å²) < 4.78 is 8.94. The zero-order chi connectivity index (χ0) is 17.1. The number of morpholine rings is 1. The Labute approximate surface area is 138 Å². The minimum atomic E-state index is -0.501. The van der Waals surface area contributed by atoms with Crippen molar-refractivity contribution in [3.8, 4) is 0 Å². The molecule has 24 heavy (non-hydrogen) atoms. The molecule has 2 aromatic heterocycles. The maximum Gasteiger partial charge on any atom is 0.306 e. The highest BCUT2D eigenvalue weighted by Crippen LogP contribution is 2.25. The number of aromatic nitrogens is 3. The predicted molar refractivity (Wildman–Crippen MR) is 84.2 cm³/mol. The highest BCUT2D eigenvalue weighted by Gasteiger charge is 2.29. The Morgan fingerprint density at radius 2 is 2.38 bits per heavy atom. The number of nitro groups is 1. The molecule has 0 aliphatic carbocycles. The second-order valence-electron chi connectivity index (χ2n) is 5.69. The van der Waals surface area contributed by atoms with E-state index in [4.69, 9.17) is 4.74 Å². The van der Waals surface area contributed by atoms with Gasteiger partial charge in [0.15, 0.2) is 0 Å². The molecule has 3 rings (SSSR count). The van der Waals surface area contributed by atoms with E-state index in [0.717, 1.165) is 5.69 Å². The Hall–Kier alpha value is -2.68. The molecule has 0 saturated carbocycles. The Balaban J connectivity index is 1.65. The van der Waals surface area contributed by atoms with Crippen LogP contribution in [0.1, 0.15) is 18.2 Å². The monoisotopic (exact) mass is 333 g/mol. The molecule has 0 bridgehead atoms. The van der Waals surface area contributed by atoms with Crippen molar-refractivity contribution in [3.63, 3.8) is 0 Å². The first kappa shape index (κ1) is 16.2. The van der Waals surface area contributed by atoms with Gasteiger partial charge < -0.3 is 14.2 Å². The second-order valence-corrected chi connectivity index (χ2v) is 5.69. The molecule has 0 unspecified atom stereocenters. The van der Waals surface area contributed by atoms with E-state index in [0.29, 0.717) is 26.3 Å². The van der Waals surface area contributed by atoms with Crippen molar-refractivity contribution in [1.29, 1.82) is 0 Å². The van der Waals surface area contributed by atoms with Gasteiger partial charge in [-0.25, -0.2) is 0 Å². The van der Waals surface area contributed by atoms with E-state index in [1.165, 1.54) is 17.1 Å². The van der Waals surface area contributed by atoms with E-state index in [1.54, 1.807) is 0 Å². The summed E-state index contributed by atoms with van der Waals surface area (Å²) in [4.78, 5) is 24.6. The molecule has 0 spiro atoms. The molecule has 9 nitrogen and oxygen atoms in total. The lowest BCUT2D eigenvalue weighted by molar-refractivity contribution is -0.385. The molecule has 1 aliphatic rings. The van der Waals surface area contributed by atoms with Crippen LogP contribution in [0.2, 0.25) is 0 Å². The fraction of sp³-hybridized carbons (Fsp3) is 0.467. The third kappa shape index (κ3) is 3.30. The fourth-order valence-electron chi connectivity index (χ4n) is 2.89. The number of hydrogen-bond acceptors (Lipinski definition) is 5. The molecule has 128 valence electrons. The largest absolute Gasteiger partial charge is 0.377 e. The summed E-state index contributed by atoms with van der Waals surface area (Å²) >= 11 is 0. The van der Waals surface area contributed by atoms with Gasteiger partial charge >= 0.3 is 5.69 Å². The highest BCUT2D eigenvalue weighted by atomic mass is 16.6. The normalized spacial score (nSPS) is 17.9. The Morgan fingerprint density at radius 3 is 3.04 bits per heavy atom. The molecule has 1 amide bonds. The van der Waals surface area contributed by atoms with Crippen molar-refractivity contribution in [3.05, 3.63) is 46.5 Å². The molecule has 1 saturated heterocycles. The maximum absolute atomic E-state index is 12.6. The summed E-state index contributed by atoms with van der Waals surface area (Å²) in [5.41, 5.74) is 0.952. The number of rotatable bonds is 5. The number of amides is 1. The van der Waals surface area contributed by atoms with Crippen molar-refractivity contribution >= 4 is 11.6 Å². The Kier molecular flexibility index (Phi) is 4.61. The third-order valence-electron chi connectivity index (χ3n) is 4.16. The molecule has 1 fully saturated rings. The van der Waals surface area contributed by atoms with Crippen LogP contribution in [0.4, 0.5) is 5.69 Å². The van der Waals surface area contributed by atoms with Crippen LogP contribution < -0.4 is 0 Å². The first-order chi connectivity index (χ1) is 11.6. The smallest absolute Gasteiger partial charge is 0.306 e. The number of ether oxygens (including phenoxy) is 1. The van der Waals surface area contributed by atoms with Crippen LogP contribution in [-0.2, 0) is 23.1 Å². The maximum atomic E-state index is 12.6. The molecule has 0 aromatic carbocycles. The van der Waals surface area contributed by atoms with Crippen LogP contribution in [0.5, 0.6) is 0 Å². The van der Waals surface area contributed by atoms with E-state index >= 15 is 0 Å². The first-order valence-electron chi connectivity index (χ1n) is 7.71. The van der Waals surface area contributed by atoms with Crippen LogP contribution in [0.25, 0.3) is 0 Å². The average Bonchev–Trinajstić information content (AvgIpc) is 3.21. The van der Waals surface area contributed by atoms with E-state index in [2.05, 4.69) is 5.10 Å². The molecule has 3 heterocycles. The Morgan fingerprint density at radius 1 is 1.54 bits per heavy atom. The minimum Gasteiger partial charge on any atom is -0.377 e. The van der Waals surface area contributed by atoms with Crippen LogP contribution in [0, 0.1) is 10.1 Å². The van der Waals surface area contributed by atoms with Gasteiger partial charge in [-0.15, -0.1) is 0 Å². The average molecular weight is 333 g/mol. The second kappa shape index (κ2) is 6.83. The highest BCUT2D eigenvalue weighted by molar-refractivity contribution is 5.76. The minimum absolute atomic E-state index is 0.0114. The van der Waals surface area contributed by atoms with Crippen molar-refractivity contribution in [1.82, 2.24) is 19.2 Å². The quantitative estimate of drug-likeness (QED) is 0.603. The summed E-state index contributed by atoms with van der Waals surface area (Å²) in [5, 5.41) is 14.6. The molecule has 0 radical (unpaired) electrons. The number of carbonyl (C=O) groups excluding carboxylic acids is 1. The summed E-state index contributed by atoms with van der Waals surface area (Å²) in [6.07, 6.45) is 4.70. The number of carbonyl (C=O) groups is 1. The van der Waals surface area contributed by atoms with Crippen LogP contribution in [0.15, 0.2) is 30.7 Å². The van der Waals surface area contributed by atoms with Gasteiger partial charge in [-0.2, -0.15) is 5.10 Å². The van der Waals surface area contributed by atoms with E-state index in [9.17, 15) is 14.9 Å². The van der Waals surface area contributed by atoms with Gasteiger partial charge in [-0.1, -0.05) is 0 Å². The van der Waals surface area contributed by atoms with Crippen LogP contribution in [-0.4, -0.2) is 49.8 Å². The lowest BCUT2D eigenvalue weighted by atomic mass is 10.1. The molecule has 2 aromatic rings. The van der Waals surface area contributed by atoms with Crippen LogP contribution >= 0.6 is 0 Å². The summed E-state index contributed by atoms with van der Waals surface area (Å²) in [7, 11) is 1.94. The molecule has 1 aliphatic heterocycles. The molecular formula is C15H19N5O4. The lowest BCUT2D eigenvalue weighted by Crippen LogP contribution is -2.44. The summed E-state index contributed by atoms with van der Waals surface area (Å²) in [6, 6.07) is 3.81. The van der Waals surface area contributed by atoms with E-state index < -0.39 is 4.92 Å². The van der Waals surface area contributed by atoms with Gasteiger partial charge in [0.1, 0.15) is 12.4 Å². The number of nitrogens with zero attached hydrogens (tertiary/aromatic N) is 5. The SMILES string of the molecule is Cn1cccc1[C@@H]1COCCN1C(=O)CCn1cc([N+](=O)[O-])cn1. The molecular weight excluding hydrogens is 314 g/mol. The van der Waals surface area contributed by atoms with Crippen molar-refractivity contribution in [2.75, 3.05) is 19.8 Å². The lowest BCUT2D eigenvalue weighted by Gasteiger charge is -2.36. The standard InChI is InChI=1S/C15H19N5O4/c1-17-5-2-3-13(17)14-11-24-8-7-19(14)15(21)4-6-18-10-12(9-16-18)20(22)23/h2-3,5,9-10,14H,4,6-8,11H2,1H3/t14-/m0/s1. The van der Waals surface area contributed by atoms with Gasteiger partial charge in [0.2, 0.25) is 5.91 Å². The van der Waals surface area contributed by atoms with Gasteiger partial charge in [0, 0.05) is 38.4 Å². The van der Waals surface area contributed by atoms with Gasteiger partial charge in [0.25, 0.3) is 0 Å². The van der Waals surface area contributed by atoms with Gasteiger partial charge in [0.05, 0.1) is 24.2 Å². The topological polar surface area (TPSA) is 95.4 Å². The van der Waals surface area contributed by atoms with Crippen molar-refractivity contribution in [2.24, 2.45) is 7.05 Å². The predicted octanol–water partition coefficient (Wildman–Crippen LogP) is 1.12. The Bertz CT molecular complexity index is 738. The van der Waals surface area contributed by atoms with E-state index in [-0.39, 0.29) is 24.1 Å². The molecule has 0 N–H and O–H groups in total. The zero-order valence-electron chi connectivity index (χ0n) is 13.4. The summed E-state index contributed by atoms with van der Waals surface area (Å²) in [5.74, 6) is -0.0114. The van der Waals surface area contributed by atoms with Crippen molar-refractivity contribution < 1.29 is 14.5 Å². The van der Waals surface area contributed by atoms with Crippen LogP contribution in [0.3, 0.4) is 0 Å². The fourth-order valence-corrected chi connectivity index (χ4v) is 2.89. The third-order valence-corrected chi connectivity index (χ3v) is 4.16. The number of aryl methyl sites for hydroxylation is 2.